The summed E-state index contributed by atoms with van der Waals surface area (Å²) in [5, 5.41) is 9.62. The molecule has 6 heteroatoms. The molecule has 1 rings (SSSR count). The van der Waals surface area contributed by atoms with Crippen molar-refractivity contribution in [1.82, 2.24) is 0 Å². The quantitative estimate of drug-likeness (QED) is 0.817. The second kappa shape index (κ2) is 7.36. The van der Waals surface area contributed by atoms with Crippen molar-refractivity contribution >= 4 is 35.1 Å². The van der Waals surface area contributed by atoms with Gasteiger partial charge in [-0.3, -0.25) is 9.59 Å². The molecule has 0 aromatic heterocycles. The second-order valence-electron chi connectivity index (χ2n) is 3.98. The van der Waals surface area contributed by atoms with Crippen LogP contribution in [0, 0.1) is 0 Å². The molecular formula is C13H14Cl2O4. The number of ether oxygens (including phenoxy) is 1. The lowest BCUT2D eigenvalue weighted by molar-refractivity contribution is -0.144. The Morgan fingerprint density at radius 2 is 1.95 bits per heavy atom. The maximum Gasteiger partial charge on any atom is 0.306 e. The van der Waals surface area contributed by atoms with Crippen LogP contribution in [0.15, 0.2) is 18.2 Å². The molecule has 0 amide bonds. The molecule has 19 heavy (non-hydrogen) atoms. The van der Waals surface area contributed by atoms with Gasteiger partial charge < -0.3 is 9.84 Å². The van der Waals surface area contributed by atoms with Gasteiger partial charge in [0.2, 0.25) is 0 Å². The Morgan fingerprint density at radius 3 is 2.47 bits per heavy atom. The van der Waals surface area contributed by atoms with Crippen molar-refractivity contribution in [3.63, 3.8) is 0 Å². The number of esters is 1. The fourth-order valence-electron chi connectivity index (χ4n) is 1.71. The van der Waals surface area contributed by atoms with Crippen LogP contribution in [0.2, 0.25) is 10.0 Å². The van der Waals surface area contributed by atoms with Gasteiger partial charge in [-0.25, -0.2) is 0 Å². The van der Waals surface area contributed by atoms with Crippen LogP contribution in [0.4, 0.5) is 0 Å². The molecule has 1 N–H and O–H groups in total. The number of carboxylic acid groups (broad SMARTS) is 1. The maximum absolute atomic E-state index is 11.5. The Kier molecular flexibility index (Phi) is 6.12. The molecule has 0 aliphatic carbocycles. The van der Waals surface area contributed by atoms with Crippen LogP contribution >= 0.6 is 23.2 Å². The van der Waals surface area contributed by atoms with Crippen molar-refractivity contribution in [3.05, 3.63) is 33.8 Å². The van der Waals surface area contributed by atoms with Crippen LogP contribution in [0.25, 0.3) is 0 Å². The largest absolute Gasteiger partial charge is 0.481 e. The molecule has 0 fully saturated rings. The summed E-state index contributed by atoms with van der Waals surface area (Å²) >= 11 is 11.7. The predicted octanol–water partition coefficient (Wildman–Crippen LogP) is 3.50. The van der Waals surface area contributed by atoms with E-state index in [0.29, 0.717) is 15.6 Å². The Labute approximate surface area is 121 Å². The van der Waals surface area contributed by atoms with Crippen LogP contribution in [0.3, 0.4) is 0 Å². The molecule has 0 saturated carbocycles. The zero-order valence-electron chi connectivity index (χ0n) is 10.4. The fourth-order valence-corrected chi connectivity index (χ4v) is 2.01. The van der Waals surface area contributed by atoms with E-state index in [0.717, 1.165) is 0 Å². The molecule has 0 saturated heterocycles. The van der Waals surface area contributed by atoms with E-state index in [4.69, 9.17) is 33.0 Å². The molecule has 0 unspecified atom stereocenters. The molecule has 0 heterocycles. The topological polar surface area (TPSA) is 63.6 Å². The lowest BCUT2D eigenvalue weighted by atomic mass is 9.92. The summed E-state index contributed by atoms with van der Waals surface area (Å²) < 4.78 is 4.84. The SMILES string of the molecule is CCOC(=O)C[C@H](CC(=O)O)c1ccc(Cl)c(Cl)c1. The highest BCUT2D eigenvalue weighted by Gasteiger charge is 2.20. The Hall–Kier alpha value is -1.26. The van der Waals surface area contributed by atoms with Crippen molar-refractivity contribution in [2.45, 2.75) is 25.7 Å². The van der Waals surface area contributed by atoms with Gasteiger partial charge in [-0.2, -0.15) is 0 Å². The first-order valence-electron chi connectivity index (χ1n) is 5.76. The number of halogens is 2. The lowest BCUT2D eigenvalue weighted by Crippen LogP contribution is -2.13. The number of benzene rings is 1. The van der Waals surface area contributed by atoms with Crippen LogP contribution < -0.4 is 0 Å². The molecular weight excluding hydrogens is 291 g/mol. The van der Waals surface area contributed by atoms with Gasteiger partial charge in [-0.05, 0) is 24.6 Å². The zero-order valence-corrected chi connectivity index (χ0v) is 11.9. The summed E-state index contributed by atoms with van der Waals surface area (Å²) in [6.07, 6.45) is -0.172. The summed E-state index contributed by atoms with van der Waals surface area (Å²) in [6.45, 7) is 1.96. The molecule has 0 bridgehead atoms. The van der Waals surface area contributed by atoms with Gasteiger partial charge in [-0.15, -0.1) is 0 Å². The van der Waals surface area contributed by atoms with Crippen molar-refractivity contribution < 1.29 is 19.4 Å². The summed E-state index contributed by atoms with van der Waals surface area (Å²) in [5.41, 5.74) is 0.657. The number of aliphatic carboxylic acids is 1. The Morgan fingerprint density at radius 1 is 1.26 bits per heavy atom. The maximum atomic E-state index is 11.5. The van der Waals surface area contributed by atoms with Gasteiger partial charge >= 0.3 is 11.9 Å². The van der Waals surface area contributed by atoms with E-state index in [9.17, 15) is 9.59 Å². The number of carboxylic acids is 1. The molecule has 1 atom stereocenters. The first-order valence-corrected chi connectivity index (χ1v) is 6.52. The van der Waals surface area contributed by atoms with E-state index in [1.54, 1.807) is 25.1 Å². The third-order valence-corrected chi connectivity index (χ3v) is 3.29. The van der Waals surface area contributed by atoms with Crippen LogP contribution in [-0.4, -0.2) is 23.7 Å². The van der Waals surface area contributed by atoms with E-state index in [1.165, 1.54) is 0 Å². The van der Waals surface area contributed by atoms with Gasteiger partial charge in [0.05, 0.1) is 29.5 Å². The number of hydrogen-bond donors (Lipinski definition) is 1. The molecule has 0 radical (unpaired) electrons. The first kappa shape index (κ1) is 15.8. The van der Waals surface area contributed by atoms with Crippen LogP contribution in [-0.2, 0) is 14.3 Å². The van der Waals surface area contributed by atoms with Crippen molar-refractivity contribution in [1.29, 1.82) is 0 Å². The third kappa shape index (κ3) is 5.09. The highest BCUT2D eigenvalue weighted by Crippen LogP contribution is 2.30. The Bertz CT molecular complexity index is 474. The van der Waals surface area contributed by atoms with Gasteiger partial charge in [-0.1, -0.05) is 29.3 Å². The van der Waals surface area contributed by atoms with Crippen molar-refractivity contribution in [3.8, 4) is 0 Å². The minimum Gasteiger partial charge on any atom is -0.481 e. The molecule has 0 aliphatic rings. The number of carbonyl (C=O) groups excluding carboxylic acids is 1. The van der Waals surface area contributed by atoms with E-state index in [-0.39, 0.29) is 19.4 Å². The average Bonchev–Trinajstić information content (AvgIpc) is 2.31. The summed E-state index contributed by atoms with van der Waals surface area (Å²) in [5.74, 6) is -1.90. The first-order chi connectivity index (χ1) is 8.93. The minimum atomic E-state index is -0.986. The lowest BCUT2D eigenvalue weighted by Gasteiger charge is -2.15. The third-order valence-electron chi connectivity index (χ3n) is 2.55. The van der Waals surface area contributed by atoms with Gasteiger partial charge in [0, 0.05) is 5.92 Å². The fraction of sp³-hybridized carbons (Fsp3) is 0.385. The van der Waals surface area contributed by atoms with E-state index >= 15 is 0 Å². The summed E-state index contributed by atoms with van der Waals surface area (Å²) in [4.78, 5) is 22.3. The standard InChI is InChI=1S/C13H14Cl2O4/c1-2-19-13(18)7-9(6-12(16)17)8-3-4-10(14)11(15)5-8/h3-5,9H,2,6-7H2,1H3,(H,16,17)/t9-/m0/s1. The van der Waals surface area contributed by atoms with E-state index < -0.39 is 17.9 Å². The van der Waals surface area contributed by atoms with Crippen LogP contribution in [0.5, 0.6) is 0 Å². The minimum absolute atomic E-state index is 0.00188. The highest BCUT2D eigenvalue weighted by atomic mass is 35.5. The summed E-state index contributed by atoms with van der Waals surface area (Å²) in [6, 6.07) is 4.83. The molecule has 0 aliphatic heterocycles. The zero-order chi connectivity index (χ0) is 14.4. The van der Waals surface area contributed by atoms with Crippen molar-refractivity contribution in [2.75, 3.05) is 6.61 Å². The molecule has 4 nitrogen and oxygen atoms in total. The molecule has 1 aromatic carbocycles. The highest BCUT2D eigenvalue weighted by molar-refractivity contribution is 6.42. The monoisotopic (exact) mass is 304 g/mol. The molecule has 1 aromatic rings. The predicted molar refractivity (Wildman–Crippen MR) is 72.7 cm³/mol. The Balaban J connectivity index is 2.91. The van der Waals surface area contributed by atoms with E-state index in [1.807, 2.05) is 0 Å². The average molecular weight is 305 g/mol. The van der Waals surface area contributed by atoms with Gasteiger partial charge in [0.15, 0.2) is 0 Å². The molecule has 104 valence electrons. The number of hydrogen-bond acceptors (Lipinski definition) is 3. The summed E-state index contributed by atoms with van der Waals surface area (Å²) in [7, 11) is 0. The number of carbonyl (C=O) groups is 2. The van der Waals surface area contributed by atoms with Gasteiger partial charge in [0.1, 0.15) is 0 Å². The van der Waals surface area contributed by atoms with Crippen LogP contribution in [0.1, 0.15) is 31.2 Å². The van der Waals surface area contributed by atoms with Gasteiger partial charge in [0.25, 0.3) is 0 Å². The van der Waals surface area contributed by atoms with Crippen molar-refractivity contribution in [2.24, 2.45) is 0 Å². The molecule has 0 spiro atoms. The number of rotatable bonds is 6. The van der Waals surface area contributed by atoms with E-state index in [2.05, 4.69) is 0 Å². The smallest absolute Gasteiger partial charge is 0.306 e. The second-order valence-corrected chi connectivity index (χ2v) is 4.79. The normalized spacial score (nSPS) is 11.9.